The number of methoxy groups -OCH3 is 2. The van der Waals surface area contributed by atoms with Crippen LogP contribution in [-0.2, 0) is 4.74 Å². The number of nitrogens with zero attached hydrogens (tertiary/aromatic N) is 1. The van der Waals surface area contributed by atoms with Crippen molar-refractivity contribution in [3.63, 3.8) is 0 Å². The normalized spacial score (nSPS) is 9.62. The van der Waals surface area contributed by atoms with Crippen molar-refractivity contribution in [2.45, 2.75) is 0 Å². The predicted octanol–water partition coefficient (Wildman–Crippen LogP) is 1.10. The highest BCUT2D eigenvalue weighted by atomic mass is 16.6. The van der Waals surface area contributed by atoms with E-state index in [1.807, 2.05) is 0 Å². The van der Waals surface area contributed by atoms with Crippen LogP contribution in [0, 0.1) is 10.1 Å². The molecule has 16 heavy (non-hydrogen) atoms. The van der Waals surface area contributed by atoms with Crippen molar-refractivity contribution >= 4 is 11.7 Å². The standard InChI is InChI=1S/C9H9NO6/c1-15-6-4-3-5(10(13)14)8(11)7(6)9(12)16-2/h3-4,11H,1-2H3. The lowest BCUT2D eigenvalue weighted by molar-refractivity contribution is -0.385. The summed E-state index contributed by atoms with van der Waals surface area (Å²) in [5.41, 5.74) is -0.944. The van der Waals surface area contributed by atoms with Crippen LogP contribution in [0.5, 0.6) is 11.5 Å². The number of carbonyl (C=O) groups excluding carboxylic acids is 1. The topological polar surface area (TPSA) is 98.9 Å². The summed E-state index contributed by atoms with van der Waals surface area (Å²) in [5.74, 6) is -1.66. The number of benzene rings is 1. The number of ether oxygens (including phenoxy) is 2. The zero-order chi connectivity index (χ0) is 12.3. The van der Waals surface area contributed by atoms with Crippen LogP contribution in [0.3, 0.4) is 0 Å². The van der Waals surface area contributed by atoms with Crippen LogP contribution >= 0.6 is 0 Å². The maximum Gasteiger partial charge on any atom is 0.345 e. The third-order valence-corrected chi connectivity index (χ3v) is 1.92. The lowest BCUT2D eigenvalue weighted by Crippen LogP contribution is -2.05. The number of esters is 1. The van der Waals surface area contributed by atoms with Gasteiger partial charge in [-0.3, -0.25) is 10.1 Å². The molecular formula is C9H9NO6. The summed E-state index contributed by atoms with van der Waals surface area (Å²) >= 11 is 0. The highest BCUT2D eigenvalue weighted by Crippen LogP contribution is 2.36. The van der Waals surface area contributed by atoms with Crippen molar-refractivity contribution < 1.29 is 24.3 Å². The number of carbonyl (C=O) groups is 1. The molecule has 0 unspecified atom stereocenters. The fourth-order valence-corrected chi connectivity index (χ4v) is 1.18. The highest BCUT2D eigenvalue weighted by molar-refractivity contribution is 5.97. The molecule has 7 heteroatoms. The molecule has 0 radical (unpaired) electrons. The van der Waals surface area contributed by atoms with Crippen LogP contribution in [-0.4, -0.2) is 30.2 Å². The Hall–Kier alpha value is -2.31. The van der Waals surface area contributed by atoms with Crippen LogP contribution in [0.2, 0.25) is 0 Å². The van der Waals surface area contributed by atoms with E-state index in [0.29, 0.717) is 0 Å². The van der Waals surface area contributed by atoms with E-state index in [4.69, 9.17) is 4.74 Å². The second kappa shape index (κ2) is 4.47. The third-order valence-electron chi connectivity index (χ3n) is 1.92. The average Bonchev–Trinajstić information content (AvgIpc) is 2.26. The van der Waals surface area contributed by atoms with Gasteiger partial charge in [-0.1, -0.05) is 0 Å². The molecule has 0 spiro atoms. The Balaban J connectivity index is 3.46. The van der Waals surface area contributed by atoms with Gasteiger partial charge in [0, 0.05) is 6.07 Å². The number of rotatable bonds is 3. The van der Waals surface area contributed by atoms with Gasteiger partial charge in [-0.25, -0.2) is 4.79 Å². The third kappa shape index (κ3) is 1.88. The molecule has 0 aliphatic rings. The molecule has 0 saturated heterocycles. The summed E-state index contributed by atoms with van der Waals surface area (Å²) in [6.45, 7) is 0. The maximum atomic E-state index is 11.3. The van der Waals surface area contributed by atoms with Crippen LogP contribution in [0.25, 0.3) is 0 Å². The first-order valence-corrected chi connectivity index (χ1v) is 4.15. The van der Waals surface area contributed by atoms with Crippen LogP contribution in [0.4, 0.5) is 5.69 Å². The molecule has 0 aliphatic carbocycles. The Morgan fingerprint density at radius 2 is 2.06 bits per heavy atom. The second-order valence-electron chi connectivity index (χ2n) is 2.76. The van der Waals surface area contributed by atoms with Gasteiger partial charge >= 0.3 is 11.7 Å². The number of aromatic hydroxyl groups is 1. The fourth-order valence-electron chi connectivity index (χ4n) is 1.18. The smallest absolute Gasteiger partial charge is 0.345 e. The molecule has 7 nitrogen and oxygen atoms in total. The molecule has 0 heterocycles. The molecule has 0 aromatic heterocycles. The minimum atomic E-state index is -0.905. The average molecular weight is 227 g/mol. The van der Waals surface area contributed by atoms with Gasteiger partial charge in [0.2, 0.25) is 5.75 Å². The van der Waals surface area contributed by atoms with Gasteiger partial charge < -0.3 is 14.6 Å². The van der Waals surface area contributed by atoms with E-state index in [1.165, 1.54) is 13.2 Å². The SMILES string of the molecule is COC(=O)c1c(OC)ccc([N+](=O)[O-])c1O. The molecule has 0 fully saturated rings. The predicted molar refractivity (Wildman–Crippen MR) is 52.7 cm³/mol. The Morgan fingerprint density at radius 1 is 1.44 bits per heavy atom. The minimum Gasteiger partial charge on any atom is -0.501 e. The molecule has 1 rings (SSSR count). The first kappa shape index (κ1) is 11.8. The van der Waals surface area contributed by atoms with Gasteiger partial charge in [-0.15, -0.1) is 0 Å². The summed E-state index contributed by atoms with van der Waals surface area (Å²) in [6, 6.07) is 2.25. The van der Waals surface area contributed by atoms with E-state index >= 15 is 0 Å². The summed E-state index contributed by atoms with van der Waals surface area (Å²) < 4.78 is 9.19. The fraction of sp³-hybridized carbons (Fsp3) is 0.222. The molecule has 1 aromatic carbocycles. The first-order chi connectivity index (χ1) is 7.52. The van der Waals surface area contributed by atoms with Gasteiger partial charge in [-0.2, -0.15) is 0 Å². The van der Waals surface area contributed by atoms with E-state index in [2.05, 4.69) is 4.74 Å². The number of nitro benzene ring substituents is 1. The zero-order valence-electron chi connectivity index (χ0n) is 8.59. The van der Waals surface area contributed by atoms with Crippen LogP contribution < -0.4 is 4.74 Å². The summed E-state index contributed by atoms with van der Waals surface area (Å²) in [7, 11) is 2.37. The summed E-state index contributed by atoms with van der Waals surface area (Å²) in [4.78, 5) is 21.0. The molecule has 0 amide bonds. The van der Waals surface area contributed by atoms with Gasteiger partial charge in [0.15, 0.2) is 5.56 Å². The van der Waals surface area contributed by atoms with E-state index in [-0.39, 0.29) is 11.3 Å². The molecule has 0 bridgehead atoms. The number of hydrogen-bond acceptors (Lipinski definition) is 6. The molecule has 86 valence electrons. The number of phenols is 1. The Kier molecular flexibility index (Phi) is 3.29. The molecule has 0 saturated carbocycles. The van der Waals surface area contributed by atoms with Gasteiger partial charge in [0.05, 0.1) is 19.1 Å². The quantitative estimate of drug-likeness (QED) is 0.471. The van der Waals surface area contributed by atoms with Crippen molar-refractivity contribution in [3.8, 4) is 11.5 Å². The first-order valence-electron chi connectivity index (χ1n) is 4.15. The highest BCUT2D eigenvalue weighted by Gasteiger charge is 2.26. The summed E-state index contributed by atoms with van der Waals surface area (Å²) in [6.07, 6.45) is 0. The van der Waals surface area contributed by atoms with E-state index < -0.39 is 22.3 Å². The van der Waals surface area contributed by atoms with Crippen molar-refractivity contribution in [3.05, 3.63) is 27.8 Å². The van der Waals surface area contributed by atoms with Crippen LogP contribution in [0.15, 0.2) is 12.1 Å². The zero-order valence-corrected chi connectivity index (χ0v) is 8.59. The molecule has 1 N–H and O–H groups in total. The number of hydrogen-bond donors (Lipinski definition) is 1. The molecular weight excluding hydrogens is 218 g/mol. The van der Waals surface area contributed by atoms with Crippen molar-refractivity contribution in [2.24, 2.45) is 0 Å². The van der Waals surface area contributed by atoms with Gasteiger partial charge in [0.1, 0.15) is 5.75 Å². The van der Waals surface area contributed by atoms with E-state index in [0.717, 1.165) is 13.2 Å². The van der Waals surface area contributed by atoms with Gasteiger partial charge in [0.25, 0.3) is 0 Å². The Morgan fingerprint density at radius 3 is 2.50 bits per heavy atom. The van der Waals surface area contributed by atoms with Crippen molar-refractivity contribution in [1.29, 1.82) is 0 Å². The second-order valence-corrected chi connectivity index (χ2v) is 2.76. The van der Waals surface area contributed by atoms with Gasteiger partial charge in [-0.05, 0) is 6.07 Å². The largest absolute Gasteiger partial charge is 0.501 e. The lowest BCUT2D eigenvalue weighted by atomic mass is 10.1. The van der Waals surface area contributed by atoms with E-state index in [9.17, 15) is 20.0 Å². The molecule has 1 aromatic rings. The number of nitro groups is 1. The monoisotopic (exact) mass is 227 g/mol. The minimum absolute atomic E-state index is 0.00921. The Labute approximate surface area is 90.4 Å². The maximum absolute atomic E-state index is 11.3. The Bertz CT molecular complexity index is 442. The summed E-state index contributed by atoms with van der Waals surface area (Å²) in [5, 5.41) is 20.1. The van der Waals surface area contributed by atoms with Crippen molar-refractivity contribution in [1.82, 2.24) is 0 Å². The number of phenolic OH excluding ortho intramolecular Hbond substituents is 1. The molecule has 0 atom stereocenters. The van der Waals surface area contributed by atoms with E-state index in [1.54, 1.807) is 0 Å². The lowest BCUT2D eigenvalue weighted by Gasteiger charge is -2.08. The van der Waals surface area contributed by atoms with Crippen LogP contribution in [0.1, 0.15) is 10.4 Å². The molecule has 0 aliphatic heterocycles. The van der Waals surface area contributed by atoms with Crippen molar-refractivity contribution in [2.75, 3.05) is 14.2 Å².